The Kier molecular flexibility index (Phi) is 4.24. The van der Waals surface area contributed by atoms with Gasteiger partial charge in [0.05, 0.1) is 13.1 Å². The second-order valence-electron chi connectivity index (χ2n) is 2.72. The lowest BCUT2D eigenvalue weighted by atomic mass is 10.4. The smallest absolute Gasteiger partial charge is 0.231 e. The van der Waals surface area contributed by atoms with Gasteiger partial charge < -0.3 is 5.73 Å². The second-order valence-corrected chi connectivity index (χ2v) is 4.36. The molecule has 0 fully saturated rings. The summed E-state index contributed by atoms with van der Waals surface area (Å²) in [5, 5.41) is 8.32. The number of likely N-dealkylation sites (N-methyl/N-ethyl adjacent to an activating group) is 1. The van der Waals surface area contributed by atoms with Crippen LogP contribution in [0.3, 0.4) is 0 Å². The van der Waals surface area contributed by atoms with Gasteiger partial charge in [0.15, 0.2) is 0 Å². The van der Waals surface area contributed by atoms with Crippen molar-refractivity contribution in [3.05, 3.63) is 9.47 Å². The van der Waals surface area contributed by atoms with Crippen molar-refractivity contribution in [2.24, 2.45) is 5.73 Å². The van der Waals surface area contributed by atoms with Crippen LogP contribution in [0.25, 0.3) is 0 Å². The summed E-state index contributed by atoms with van der Waals surface area (Å²) in [6.07, 6.45) is 0. The van der Waals surface area contributed by atoms with Crippen molar-refractivity contribution in [1.82, 2.24) is 15.1 Å². The van der Waals surface area contributed by atoms with E-state index in [1.54, 1.807) is 0 Å². The van der Waals surface area contributed by atoms with Gasteiger partial charge in [0.25, 0.3) is 0 Å². The Labute approximate surface area is 90.9 Å². The monoisotopic (exact) mass is 234 g/mol. The molecule has 0 atom stereocenters. The van der Waals surface area contributed by atoms with Crippen molar-refractivity contribution in [1.29, 1.82) is 0 Å². The molecule has 0 aliphatic carbocycles. The Morgan fingerprint density at radius 2 is 2.36 bits per heavy atom. The van der Waals surface area contributed by atoms with Crippen LogP contribution in [-0.4, -0.2) is 34.1 Å². The van der Waals surface area contributed by atoms with Crippen molar-refractivity contribution >= 4 is 28.8 Å². The molecule has 0 aliphatic heterocycles. The van der Waals surface area contributed by atoms with Crippen LogP contribution < -0.4 is 5.73 Å². The molecular formula is C7H11ClN4OS. The Morgan fingerprint density at radius 3 is 2.79 bits per heavy atom. The fraction of sp³-hybridized carbons (Fsp3) is 0.571. The summed E-state index contributed by atoms with van der Waals surface area (Å²) in [5.74, 6) is -0.345. The molecule has 0 radical (unpaired) electrons. The van der Waals surface area contributed by atoms with Gasteiger partial charge in [-0.05, 0) is 18.1 Å². The number of amides is 1. The highest BCUT2D eigenvalue weighted by Crippen LogP contribution is 2.16. The van der Waals surface area contributed by atoms with Crippen molar-refractivity contribution in [2.75, 3.05) is 13.1 Å². The first-order chi connectivity index (χ1) is 6.61. The maximum absolute atomic E-state index is 10.7. The molecule has 78 valence electrons. The third-order valence-corrected chi connectivity index (χ3v) is 2.63. The number of halogens is 1. The van der Waals surface area contributed by atoms with Gasteiger partial charge >= 0.3 is 0 Å². The minimum Gasteiger partial charge on any atom is -0.369 e. The number of nitrogens with two attached hydrogens (primary N) is 1. The van der Waals surface area contributed by atoms with Crippen molar-refractivity contribution in [3.8, 4) is 0 Å². The average molecular weight is 235 g/mol. The lowest BCUT2D eigenvalue weighted by Crippen LogP contribution is -2.33. The molecular weight excluding hydrogens is 224 g/mol. The summed E-state index contributed by atoms with van der Waals surface area (Å²) in [6.45, 7) is 3.48. The number of primary amides is 1. The van der Waals surface area contributed by atoms with E-state index in [-0.39, 0.29) is 12.5 Å². The van der Waals surface area contributed by atoms with Crippen molar-refractivity contribution in [3.63, 3.8) is 0 Å². The van der Waals surface area contributed by atoms with Crippen molar-refractivity contribution < 1.29 is 4.79 Å². The van der Waals surface area contributed by atoms with E-state index >= 15 is 0 Å². The van der Waals surface area contributed by atoms with E-state index in [0.717, 1.165) is 11.6 Å². The van der Waals surface area contributed by atoms with Gasteiger partial charge in [-0.1, -0.05) is 18.3 Å². The first kappa shape index (κ1) is 11.4. The molecule has 14 heavy (non-hydrogen) atoms. The normalized spacial score (nSPS) is 10.8. The van der Waals surface area contributed by atoms with Gasteiger partial charge in [-0.15, -0.1) is 10.2 Å². The first-order valence-electron chi connectivity index (χ1n) is 4.10. The zero-order chi connectivity index (χ0) is 10.6. The van der Waals surface area contributed by atoms with Gasteiger partial charge in [-0.2, -0.15) is 0 Å². The number of carbonyl (C=O) groups is 1. The van der Waals surface area contributed by atoms with Crippen LogP contribution in [0, 0.1) is 0 Å². The lowest BCUT2D eigenvalue weighted by Gasteiger charge is -2.15. The molecule has 1 aromatic rings. The number of rotatable bonds is 5. The van der Waals surface area contributed by atoms with E-state index in [0.29, 0.717) is 11.0 Å². The van der Waals surface area contributed by atoms with E-state index in [1.807, 2.05) is 11.8 Å². The Morgan fingerprint density at radius 1 is 1.64 bits per heavy atom. The van der Waals surface area contributed by atoms with Crippen LogP contribution in [0.1, 0.15) is 11.9 Å². The standard InChI is InChI=1S/C7H11ClN4OS/c1-2-12(3-5(9)13)4-6-10-11-7(8)14-6/h2-4H2,1H3,(H2,9,13). The van der Waals surface area contributed by atoms with E-state index in [2.05, 4.69) is 10.2 Å². The van der Waals surface area contributed by atoms with Gasteiger partial charge in [-0.25, -0.2) is 0 Å². The minimum atomic E-state index is -0.345. The molecule has 0 saturated carbocycles. The first-order valence-corrected chi connectivity index (χ1v) is 5.29. The summed E-state index contributed by atoms with van der Waals surface area (Å²) < 4.78 is 0.412. The molecule has 1 aromatic heterocycles. The summed E-state index contributed by atoms with van der Waals surface area (Å²) in [6, 6.07) is 0. The maximum atomic E-state index is 10.7. The Hall–Kier alpha value is -0.720. The summed E-state index contributed by atoms with van der Waals surface area (Å²) in [4.78, 5) is 12.6. The largest absolute Gasteiger partial charge is 0.369 e. The average Bonchev–Trinajstić information content (AvgIpc) is 2.49. The highest BCUT2D eigenvalue weighted by atomic mass is 35.5. The molecule has 0 aliphatic rings. The van der Waals surface area contributed by atoms with Crippen LogP contribution in [0.15, 0.2) is 0 Å². The van der Waals surface area contributed by atoms with Crippen LogP contribution in [-0.2, 0) is 11.3 Å². The predicted molar refractivity (Wildman–Crippen MR) is 55.1 cm³/mol. The van der Waals surface area contributed by atoms with Gasteiger partial charge in [0.2, 0.25) is 10.4 Å². The van der Waals surface area contributed by atoms with E-state index in [4.69, 9.17) is 17.3 Å². The maximum Gasteiger partial charge on any atom is 0.231 e. The molecule has 1 amide bonds. The molecule has 5 nitrogen and oxygen atoms in total. The summed E-state index contributed by atoms with van der Waals surface area (Å²) in [5.41, 5.74) is 5.09. The SMILES string of the molecule is CCN(CC(N)=O)Cc1nnc(Cl)s1. The molecule has 0 spiro atoms. The fourth-order valence-electron chi connectivity index (χ4n) is 0.988. The molecule has 0 unspecified atom stereocenters. The Balaban J connectivity index is 2.52. The number of hydrogen-bond donors (Lipinski definition) is 1. The third-order valence-electron chi connectivity index (χ3n) is 1.63. The van der Waals surface area contributed by atoms with Crippen LogP contribution in [0.5, 0.6) is 0 Å². The minimum absolute atomic E-state index is 0.230. The molecule has 7 heteroatoms. The topological polar surface area (TPSA) is 72.1 Å². The fourth-order valence-corrected chi connectivity index (χ4v) is 1.90. The molecule has 0 bridgehead atoms. The highest BCUT2D eigenvalue weighted by molar-refractivity contribution is 7.15. The summed E-state index contributed by atoms with van der Waals surface area (Å²) in [7, 11) is 0. The van der Waals surface area contributed by atoms with E-state index in [9.17, 15) is 4.79 Å². The number of aromatic nitrogens is 2. The third kappa shape index (κ3) is 3.57. The number of carbonyl (C=O) groups excluding carboxylic acids is 1. The van der Waals surface area contributed by atoms with Crippen molar-refractivity contribution in [2.45, 2.75) is 13.5 Å². The lowest BCUT2D eigenvalue weighted by molar-refractivity contribution is -0.119. The quantitative estimate of drug-likeness (QED) is 0.805. The van der Waals surface area contributed by atoms with E-state index in [1.165, 1.54) is 11.3 Å². The van der Waals surface area contributed by atoms with Crippen LogP contribution in [0.2, 0.25) is 4.47 Å². The molecule has 0 aromatic carbocycles. The number of nitrogens with zero attached hydrogens (tertiary/aromatic N) is 3. The molecule has 1 heterocycles. The second kappa shape index (κ2) is 5.23. The van der Waals surface area contributed by atoms with Crippen LogP contribution in [0.4, 0.5) is 0 Å². The molecule has 2 N–H and O–H groups in total. The van der Waals surface area contributed by atoms with Gasteiger partial charge in [0.1, 0.15) is 5.01 Å². The molecule has 0 saturated heterocycles. The predicted octanol–water partition coefficient (Wildman–Crippen LogP) is 0.499. The van der Waals surface area contributed by atoms with Gasteiger partial charge in [0, 0.05) is 0 Å². The van der Waals surface area contributed by atoms with E-state index < -0.39 is 0 Å². The zero-order valence-corrected chi connectivity index (χ0v) is 9.31. The van der Waals surface area contributed by atoms with Gasteiger partial charge in [-0.3, -0.25) is 9.69 Å². The number of hydrogen-bond acceptors (Lipinski definition) is 5. The Bertz CT molecular complexity index is 316. The molecule has 1 rings (SSSR count). The summed E-state index contributed by atoms with van der Waals surface area (Å²) >= 11 is 6.94. The zero-order valence-electron chi connectivity index (χ0n) is 7.73. The van der Waals surface area contributed by atoms with Crippen LogP contribution >= 0.6 is 22.9 Å². The highest BCUT2D eigenvalue weighted by Gasteiger charge is 2.09.